The van der Waals surface area contributed by atoms with Gasteiger partial charge in [0, 0.05) is 15.7 Å². The summed E-state index contributed by atoms with van der Waals surface area (Å²) in [7, 11) is 0. The van der Waals surface area contributed by atoms with Gasteiger partial charge < -0.3 is 10.4 Å². The molecule has 2 aromatic carbocycles. The van der Waals surface area contributed by atoms with Gasteiger partial charge in [-0.2, -0.15) is 0 Å². The number of fused-ring (bicyclic) bond motifs is 1. The fourth-order valence-corrected chi connectivity index (χ4v) is 3.76. The highest BCUT2D eigenvalue weighted by molar-refractivity contribution is 9.10. The van der Waals surface area contributed by atoms with Crippen molar-refractivity contribution >= 4 is 33.2 Å². The second-order valence-electron chi connectivity index (χ2n) is 5.69. The first kappa shape index (κ1) is 14.7. The largest absolute Gasteiger partial charge is 0.508 e. The van der Waals surface area contributed by atoms with E-state index in [4.69, 9.17) is 11.6 Å². The van der Waals surface area contributed by atoms with E-state index in [-0.39, 0.29) is 6.04 Å². The standard InChI is InChI=1S/C17H17BrClNO/c1-9-3-6-15(21)17-14(7-10(2)16(9)17)20-11-4-5-13(19)12(18)8-11/h3-6,8,10,14,20-21H,7H2,1-2H3. The molecule has 0 radical (unpaired) electrons. The van der Waals surface area contributed by atoms with Gasteiger partial charge in [-0.25, -0.2) is 0 Å². The zero-order valence-electron chi connectivity index (χ0n) is 12.0. The van der Waals surface area contributed by atoms with E-state index in [1.54, 1.807) is 6.07 Å². The number of nitrogens with one attached hydrogen (secondary N) is 1. The molecule has 3 rings (SSSR count). The number of aryl methyl sites for hydroxylation is 1. The Balaban J connectivity index is 1.96. The number of aromatic hydroxyl groups is 1. The van der Waals surface area contributed by atoms with Crippen molar-refractivity contribution < 1.29 is 5.11 Å². The number of rotatable bonds is 2. The quantitative estimate of drug-likeness (QED) is 0.706. The number of phenols is 1. The molecule has 0 fully saturated rings. The van der Waals surface area contributed by atoms with Crippen LogP contribution in [-0.2, 0) is 0 Å². The molecule has 21 heavy (non-hydrogen) atoms. The van der Waals surface area contributed by atoms with Crippen LogP contribution < -0.4 is 5.32 Å². The Morgan fingerprint density at radius 2 is 2.00 bits per heavy atom. The van der Waals surface area contributed by atoms with Crippen LogP contribution in [0.4, 0.5) is 5.69 Å². The Morgan fingerprint density at radius 1 is 1.24 bits per heavy atom. The maximum Gasteiger partial charge on any atom is 0.121 e. The number of phenolic OH excluding ortho intramolecular Hbond substituents is 1. The minimum atomic E-state index is 0.128. The van der Waals surface area contributed by atoms with Crippen molar-refractivity contribution in [1.29, 1.82) is 0 Å². The van der Waals surface area contributed by atoms with Crippen molar-refractivity contribution in [2.75, 3.05) is 5.32 Å². The van der Waals surface area contributed by atoms with Gasteiger partial charge in [0.2, 0.25) is 0 Å². The number of halogens is 2. The van der Waals surface area contributed by atoms with E-state index in [1.165, 1.54) is 11.1 Å². The summed E-state index contributed by atoms with van der Waals surface area (Å²) in [5.74, 6) is 0.825. The van der Waals surface area contributed by atoms with Gasteiger partial charge in [-0.3, -0.25) is 0 Å². The van der Waals surface area contributed by atoms with E-state index in [0.29, 0.717) is 16.7 Å². The number of anilines is 1. The third-order valence-corrected chi connectivity index (χ3v) is 5.39. The smallest absolute Gasteiger partial charge is 0.121 e. The molecule has 0 bridgehead atoms. The molecule has 0 aliphatic heterocycles. The van der Waals surface area contributed by atoms with Crippen molar-refractivity contribution in [3.63, 3.8) is 0 Å². The SMILES string of the molecule is Cc1ccc(O)c2c1C(C)CC2Nc1ccc(Cl)c(Br)c1. The summed E-state index contributed by atoms with van der Waals surface area (Å²) in [6, 6.07) is 9.71. The first-order valence-electron chi connectivity index (χ1n) is 7.01. The zero-order valence-corrected chi connectivity index (χ0v) is 14.3. The maximum atomic E-state index is 10.3. The predicted molar refractivity (Wildman–Crippen MR) is 91.4 cm³/mol. The lowest BCUT2D eigenvalue weighted by atomic mass is 9.97. The Hall–Kier alpha value is -1.19. The average Bonchev–Trinajstić information content (AvgIpc) is 2.76. The summed E-state index contributed by atoms with van der Waals surface area (Å²) in [5, 5.41) is 14.5. The lowest BCUT2D eigenvalue weighted by Gasteiger charge is -2.17. The average molecular weight is 367 g/mol. The van der Waals surface area contributed by atoms with Gasteiger partial charge in [0.25, 0.3) is 0 Å². The van der Waals surface area contributed by atoms with Gasteiger partial charge in [-0.05, 0) is 70.6 Å². The lowest BCUT2D eigenvalue weighted by Crippen LogP contribution is -2.07. The van der Waals surface area contributed by atoms with E-state index in [1.807, 2.05) is 24.3 Å². The van der Waals surface area contributed by atoms with Crippen LogP contribution in [0.5, 0.6) is 5.75 Å². The van der Waals surface area contributed by atoms with E-state index in [9.17, 15) is 5.11 Å². The Kier molecular flexibility index (Phi) is 3.89. The van der Waals surface area contributed by atoms with Gasteiger partial charge in [0.15, 0.2) is 0 Å². The van der Waals surface area contributed by atoms with Gasteiger partial charge in [-0.1, -0.05) is 24.6 Å². The first-order chi connectivity index (χ1) is 9.97. The van der Waals surface area contributed by atoms with E-state index >= 15 is 0 Å². The molecule has 1 aliphatic rings. The van der Waals surface area contributed by atoms with Crippen molar-refractivity contribution in [3.8, 4) is 5.75 Å². The highest BCUT2D eigenvalue weighted by atomic mass is 79.9. The Morgan fingerprint density at radius 3 is 2.71 bits per heavy atom. The van der Waals surface area contributed by atoms with Crippen LogP contribution in [0.15, 0.2) is 34.8 Å². The van der Waals surface area contributed by atoms with Crippen LogP contribution in [0.1, 0.15) is 42.0 Å². The fraction of sp³-hybridized carbons (Fsp3) is 0.294. The summed E-state index contributed by atoms with van der Waals surface area (Å²) >= 11 is 9.48. The molecule has 1 aliphatic carbocycles. The molecule has 0 saturated heterocycles. The molecular formula is C17H17BrClNO. The lowest BCUT2D eigenvalue weighted by molar-refractivity contribution is 0.465. The third kappa shape index (κ3) is 2.65. The molecular weight excluding hydrogens is 350 g/mol. The van der Waals surface area contributed by atoms with Gasteiger partial charge in [0.05, 0.1) is 11.1 Å². The molecule has 0 amide bonds. The monoisotopic (exact) mass is 365 g/mol. The zero-order chi connectivity index (χ0) is 15.1. The number of benzene rings is 2. The van der Waals surface area contributed by atoms with Crippen LogP contribution >= 0.6 is 27.5 Å². The molecule has 0 saturated carbocycles. The van der Waals surface area contributed by atoms with Crippen LogP contribution in [0.3, 0.4) is 0 Å². The summed E-state index contributed by atoms with van der Waals surface area (Å²) in [5.41, 5.74) is 4.56. The highest BCUT2D eigenvalue weighted by Crippen LogP contribution is 2.47. The van der Waals surface area contributed by atoms with Crippen LogP contribution in [0.25, 0.3) is 0 Å². The third-order valence-electron chi connectivity index (χ3n) is 4.17. The van der Waals surface area contributed by atoms with E-state index in [0.717, 1.165) is 22.1 Å². The summed E-state index contributed by atoms with van der Waals surface area (Å²) in [6.07, 6.45) is 0.980. The summed E-state index contributed by atoms with van der Waals surface area (Å²) < 4.78 is 0.869. The van der Waals surface area contributed by atoms with Gasteiger partial charge in [-0.15, -0.1) is 0 Å². The van der Waals surface area contributed by atoms with Crippen molar-refractivity contribution in [2.45, 2.75) is 32.2 Å². The minimum absolute atomic E-state index is 0.128. The predicted octanol–water partition coefficient (Wildman–Crippen LogP) is 5.78. The topological polar surface area (TPSA) is 32.3 Å². The Labute approximate surface area is 138 Å². The molecule has 0 heterocycles. The normalized spacial score (nSPS) is 20.4. The molecule has 2 atom stereocenters. The summed E-state index contributed by atoms with van der Waals surface area (Å²) in [6.45, 7) is 4.32. The van der Waals surface area contributed by atoms with Gasteiger partial charge >= 0.3 is 0 Å². The molecule has 2 unspecified atom stereocenters. The second-order valence-corrected chi connectivity index (χ2v) is 6.95. The second kappa shape index (κ2) is 5.54. The molecule has 2 N–H and O–H groups in total. The Bertz CT molecular complexity index is 701. The molecule has 2 nitrogen and oxygen atoms in total. The van der Waals surface area contributed by atoms with Gasteiger partial charge in [0.1, 0.15) is 5.75 Å². The minimum Gasteiger partial charge on any atom is -0.508 e. The van der Waals surface area contributed by atoms with E-state index in [2.05, 4.69) is 35.1 Å². The van der Waals surface area contributed by atoms with Crippen LogP contribution in [-0.4, -0.2) is 5.11 Å². The molecule has 0 aromatic heterocycles. The molecule has 0 spiro atoms. The molecule has 4 heteroatoms. The number of hydrogen-bond donors (Lipinski definition) is 2. The van der Waals surface area contributed by atoms with Crippen molar-refractivity contribution in [2.24, 2.45) is 0 Å². The number of hydrogen-bond acceptors (Lipinski definition) is 2. The van der Waals surface area contributed by atoms with Crippen LogP contribution in [0, 0.1) is 6.92 Å². The van der Waals surface area contributed by atoms with Crippen molar-refractivity contribution in [3.05, 3.63) is 56.5 Å². The fourth-order valence-electron chi connectivity index (χ4n) is 3.26. The van der Waals surface area contributed by atoms with Crippen molar-refractivity contribution in [1.82, 2.24) is 0 Å². The summed E-state index contributed by atoms with van der Waals surface area (Å²) in [4.78, 5) is 0. The van der Waals surface area contributed by atoms with Crippen LogP contribution in [0.2, 0.25) is 5.02 Å². The highest BCUT2D eigenvalue weighted by Gasteiger charge is 2.32. The maximum absolute atomic E-state index is 10.3. The first-order valence-corrected chi connectivity index (χ1v) is 8.18. The van der Waals surface area contributed by atoms with E-state index < -0.39 is 0 Å². The molecule has 110 valence electrons. The molecule has 2 aromatic rings.